The summed E-state index contributed by atoms with van der Waals surface area (Å²) in [4.78, 5) is 26.1. The van der Waals surface area contributed by atoms with Crippen LogP contribution in [0.4, 0.5) is 4.79 Å². The molecule has 2 aromatic rings. The van der Waals surface area contributed by atoms with E-state index in [9.17, 15) is 14.7 Å². The Labute approximate surface area is 122 Å². The van der Waals surface area contributed by atoms with Crippen molar-refractivity contribution in [1.29, 1.82) is 0 Å². The van der Waals surface area contributed by atoms with Crippen LogP contribution in [0, 0.1) is 0 Å². The van der Waals surface area contributed by atoms with Crippen LogP contribution in [0.15, 0.2) is 42.5 Å². The molecule has 1 saturated heterocycles. The summed E-state index contributed by atoms with van der Waals surface area (Å²) >= 11 is 0. The number of β-amino-alcohol motifs (C(OH)–C–C–N with tert-alkyl or cyclic N) is 1. The van der Waals surface area contributed by atoms with Gasteiger partial charge in [0.15, 0.2) is 0 Å². The van der Waals surface area contributed by atoms with E-state index in [1.165, 1.54) is 4.90 Å². The van der Waals surface area contributed by atoms with Crippen LogP contribution in [0.3, 0.4) is 0 Å². The smallest absolute Gasteiger partial charge is 0.327 e. The van der Waals surface area contributed by atoms with Crippen molar-refractivity contribution >= 4 is 22.7 Å². The second kappa shape index (κ2) is 5.18. The summed E-state index contributed by atoms with van der Waals surface area (Å²) in [5, 5.41) is 12.4. The average Bonchev–Trinajstić information content (AvgIpc) is 2.73. The fourth-order valence-corrected chi connectivity index (χ4v) is 2.66. The van der Waals surface area contributed by atoms with Crippen molar-refractivity contribution < 1.29 is 14.7 Å². The second-order valence-corrected chi connectivity index (χ2v) is 5.23. The highest BCUT2D eigenvalue weighted by molar-refractivity contribution is 6.01. The molecule has 0 aliphatic carbocycles. The van der Waals surface area contributed by atoms with Crippen LogP contribution in [-0.4, -0.2) is 47.0 Å². The number of hydrogen-bond donors (Lipinski definition) is 1. The van der Waals surface area contributed by atoms with E-state index in [4.69, 9.17) is 0 Å². The van der Waals surface area contributed by atoms with Crippen LogP contribution in [0.1, 0.15) is 11.7 Å². The number of nitrogens with zero attached hydrogens (tertiary/aromatic N) is 2. The summed E-state index contributed by atoms with van der Waals surface area (Å²) < 4.78 is 0. The first kappa shape index (κ1) is 13.6. The molecule has 2 aromatic carbocycles. The highest BCUT2D eigenvalue weighted by atomic mass is 16.3. The highest BCUT2D eigenvalue weighted by Crippen LogP contribution is 2.25. The largest absolute Gasteiger partial charge is 0.387 e. The lowest BCUT2D eigenvalue weighted by Crippen LogP contribution is -2.35. The predicted octanol–water partition coefficient (Wildman–Crippen LogP) is 1.77. The van der Waals surface area contributed by atoms with Crippen LogP contribution in [0.2, 0.25) is 0 Å². The van der Waals surface area contributed by atoms with Gasteiger partial charge in [-0.1, -0.05) is 42.5 Å². The molecule has 3 amide bonds. The molecule has 1 unspecified atom stereocenters. The van der Waals surface area contributed by atoms with E-state index in [0.717, 1.165) is 21.2 Å². The lowest BCUT2D eigenvalue weighted by atomic mass is 10.0. The van der Waals surface area contributed by atoms with Crippen LogP contribution in [0.25, 0.3) is 10.8 Å². The van der Waals surface area contributed by atoms with E-state index in [0.29, 0.717) is 0 Å². The normalized spacial score (nSPS) is 16.9. The molecule has 5 nitrogen and oxygen atoms in total. The number of benzene rings is 2. The maximum Gasteiger partial charge on any atom is 0.327 e. The highest BCUT2D eigenvalue weighted by Gasteiger charge is 2.35. The number of aliphatic hydroxyl groups is 1. The first-order valence-electron chi connectivity index (χ1n) is 6.79. The molecule has 21 heavy (non-hydrogen) atoms. The summed E-state index contributed by atoms with van der Waals surface area (Å²) in [5.74, 6) is -0.276. The van der Waals surface area contributed by atoms with Gasteiger partial charge in [-0.05, 0) is 16.3 Å². The summed E-state index contributed by atoms with van der Waals surface area (Å²) in [6, 6.07) is 13.0. The maximum absolute atomic E-state index is 11.9. The van der Waals surface area contributed by atoms with Crippen molar-refractivity contribution in [3.05, 3.63) is 48.0 Å². The number of carbonyl (C=O) groups excluding carboxylic acids is 2. The Kier molecular flexibility index (Phi) is 3.35. The molecule has 3 rings (SSSR count). The number of imide groups is 1. The Morgan fingerprint density at radius 2 is 1.86 bits per heavy atom. The zero-order valence-electron chi connectivity index (χ0n) is 11.7. The molecule has 1 aliphatic heterocycles. The second-order valence-electron chi connectivity index (χ2n) is 5.23. The zero-order valence-corrected chi connectivity index (χ0v) is 11.7. The van der Waals surface area contributed by atoms with Crippen LogP contribution in [-0.2, 0) is 4.79 Å². The quantitative estimate of drug-likeness (QED) is 0.874. The van der Waals surface area contributed by atoms with Crippen molar-refractivity contribution in [3.8, 4) is 0 Å². The van der Waals surface area contributed by atoms with Crippen LogP contribution >= 0.6 is 0 Å². The first-order valence-corrected chi connectivity index (χ1v) is 6.79. The molecule has 0 radical (unpaired) electrons. The number of likely N-dealkylation sites (N-methyl/N-ethyl adjacent to an activating group) is 1. The van der Waals surface area contributed by atoms with Gasteiger partial charge in [-0.2, -0.15) is 0 Å². The molecular weight excluding hydrogens is 268 g/mol. The zero-order chi connectivity index (χ0) is 15.0. The van der Waals surface area contributed by atoms with E-state index in [1.54, 1.807) is 7.05 Å². The Morgan fingerprint density at radius 3 is 2.57 bits per heavy atom. The van der Waals surface area contributed by atoms with Crippen molar-refractivity contribution in [2.45, 2.75) is 6.10 Å². The van der Waals surface area contributed by atoms with Crippen LogP contribution in [0.5, 0.6) is 0 Å². The van der Waals surface area contributed by atoms with Gasteiger partial charge in [-0.15, -0.1) is 0 Å². The molecule has 108 valence electrons. The topological polar surface area (TPSA) is 60.9 Å². The lowest BCUT2D eigenvalue weighted by molar-refractivity contribution is -0.126. The van der Waals surface area contributed by atoms with Gasteiger partial charge in [0.1, 0.15) is 6.54 Å². The van der Waals surface area contributed by atoms with Gasteiger partial charge in [-0.3, -0.25) is 9.69 Å². The van der Waals surface area contributed by atoms with Crippen molar-refractivity contribution in [1.82, 2.24) is 9.80 Å². The number of urea groups is 1. The van der Waals surface area contributed by atoms with Gasteiger partial charge in [0.2, 0.25) is 5.91 Å². The Bertz CT molecular complexity index is 708. The van der Waals surface area contributed by atoms with Gasteiger partial charge in [0, 0.05) is 7.05 Å². The van der Waals surface area contributed by atoms with E-state index < -0.39 is 6.10 Å². The minimum atomic E-state index is -0.893. The third kappa shape index (κ3) is 2.36. The standard InChI is InChI=1S/C16H16N2O3/c1-17-10-15(20)18(16(17)21)9-14(19)13-8-4-6-11-5-2-3-7-12(11)13/h2-8,14,19H,9-10H2,1H3. The SMILES string of the molecule is CN1CC(=O)N(CC(O)c2cccc3ccccc23)C1=O. The van der Waals surface area contributed by atoms with Gasteiger partial charge in [0.25, 0.3) is 0 Å². The monoisotopic (exact) mass is 284 g/mol. The number of fused-ring (bicyclic) bond motifs is 1. The first-order chi connectivity index (χ1) is 10.1. The lowest BCUT2D eigenvalue weighted by Gasteiger charge is -2.19. The minimum absolute atomic E-state index is 0.0178. The number of amides is 3. The molecule has 1 heterocycles. The van der Waals surface area contributed by atoms with Gasteiger partial charge < -0.3 is 10.0 Å². The predicted molar refractivity (Wildman–Crippen MR) is 78.6 cm³/mol. The minimum Gasteiger partial charge on any atom is -0.387 e. The molecule has 0 saturated carbocycles. The third-order valence-electron chi connectivity index (χ3n) is 3.77. The van der Waals surface area contributed by atoms with Gasteiger partial charge in [-0.25, -0.2) is 4.79 Å². The molecule has 1 atom stereocenters. The van der Waals surface area contributed by atoms with Gasteiger partial charge >= 0.3 is 6.03 Å². The average molecular weight is 284 g/mol. The molecule has 1 fully saturated rings. The van der Waals surface area contributed by atoms with E-state index in [-0.39, 0.29) is 25.0 Å². The van der Waals surface area contributed by atoms with Gasteiger partial charge in [0.05, 0.1) is 12.6 Å². The molecule has 0 spiro atoms. The fraction of sp³-hybridized carbons (Fsp3) is 0.250. The molecule has 1 N–H and O–H groups in total. The van der Waals surface area contributed by atoms with E-state index >= 15 is 0 Å². The van der Waals surface area contributed by atoms with Crippen LogP contribution < -0.4 is 0 Å². The summed E-state index contributed by atoms with van der Waals surface area (Å²) in [7, 11) is 1.57. The third-order valence-corrected chi connectivity index (χ3v) is 3.77. The molecule has 1 aliphatic rings. The Balaban J connectivity index is 1.89. The molecular formula is C16H16N2O3. The summed E-state index contributed by atoms with van der Waals surface area (Å²) in [6.07, 6.45) is -0.893. The summed E-state index contributed by atoms with van der Waals surface area (Å²) in [5.41, 5.74) is 0.725. The number of aliphatic hydroxyl groups excluding tert-OH is 1. The number of carbonyl (C=O) groups is 2. The Hall–Kier alpha value is -2.40. The number of rotatable bonds is 3. The maximum atomic E-state index is 11.9. The van der Waals surface area contributed by atoms with E-state index in [1.807, 2.05) is 42.5 Å². The van der Waals surface area contributed by atoms with E-state index in [2.05, 4.69) is 0 Å². The molecule has 0 bridgehead atoms. The molecule has 5 heteroatoms. The van der Waals surface area contributed by atoms with Crippen molar-refractivity contribution in [2.24, 2.45) is 0 Å². The Morgan fingerprint density at radius 1 is 1.14 bits per heavy atom. The van der Waals surface area contributed by atoms with Crippen molar-refractivity contribution in [3.63, 3.8) is 0 Å². The van der Waals surface area contributed by atoms with Crippen molar-refractivity contribution in [2.75, 3.05) is 20.1 Å². The molecule has 0 aromatic heterocycles. The fourth-order valence-electron chi connectivity index (χ4n) is 2.66. The number of hydrogen-bond acceptors (Lipinski definition) is 3. The summed E-state index contributed by atoms with van der Waals surface area (Å²) in [6.45, 7) is 0.0527.